The second kappa shape index (κ2) is 9.30. The van der Waals surface area contributed by atoms with Crippen LogP contribution in [-0.4, -0.2) is 40.4 Å². The van der Waals surface area contributed by atoms with E-state index in [0.29, 0.717) is 18.5 Å². The van der Waals surface area contributed by atoms with E-state index >= 15 is 0 Å². The summed E-state index contributed by atoms with van der Waals surface area (Å²) in [6.45, 7) is 0.697. The summed E-state index contributed by atoms with van der Waals surface area (Å²) in [7, 11) is 1.35. The van der Waals surface area contributed by atoms with Crippen molar-refractivity contribution in [2.75, 3.05) is 13.7 Å². The smallest absolute Gasteiger partial charge is 0.410 e. The third-order valence-corrected chi connectivity index (χ3v) is 5.21. The third-order valence-electron chi connectivity index (χ3n) is 5.21. The van der Waals surface area contributed by atoms with E-state index in [1.165, 1.54) is 7.11 Å². The van der Waals surface area contributed by atoms with Gasteiger partial charge in [-0.15, -0.1) is 0 Å². The second-order valence-electron chi connectivity index (χ2n) is 7.15. The minimum Gasteiger partial charge on any atom is -0.465 e. The number of amides is 1. The standard InChI is InChI=1S/C24H23N3O4/c1-30-23(28)20-10-8-19(9-11-20)22-16-21(27-14-5-13-25-27)12-15-26(22)24(29)31-17-18-6-3-2-4-7-18/h2-11,13-14,16,22H,12,15,17H2,1H3. The molecule has 1 aliphatic rings. The van der Waals surface area contributed by atoms with Crippen LogP contribution in [0.25, 0.3) is 5.70 Å². The Morgan fingerprint density at radius 2 is 1.84 bits per heavy atom. The van der Waals surface area contributed by atoms with Crippen LogP contribution in [0.2, 0.25) is 0 Å². The van der Waals surface area contributed by atoms with Gasteiger partial charge >= 0.3 is 12.1 Å². The number of aromatic nitrogens is 2. The van der Waals surface area contributed by atoms with Crippen molar-refractivity contribution in [1.29, 1.82) is 0 Å². The van der Waals surface area contributed by atoms with Crippen LogP contribution in [0.4, 0.5) is 4.79 Å². The number of ether oxygens (including phenoxy) is 2. The molecule has 0 saturated carbocycles. The van der Waals surface area contributed by atoms with E-state index < -0.39 is 5.97 Å². The summed E-state index contributed by atoms with van der Waals surface area (Å²) < 4.78 is 12.2. The fourth-order valence-corrected chi connectivity index (χ4v) is 3.58. The number of nitrogens with zero attached hydrogens (tertiary/aromatic N) is 3. The van der Waals surface area contributed by atoms with Gasteiger partial charge in [0.15, 0.2) is 0 Å². The largest absolute Gasteiger partial charge is 0.465 e. The van der Waals surface area contributed by atoms with E-state index in [2.05, 4.69) is 5.10 Å². The molecule has 0 N–H and O–H groups in total. The van der Waals surface area contributed by atoms with Crippen molar-refractivity contribution >= 4 is 17.8 Å². The molecule has 0 fully saturated rings. The lowest BCUT2D eigenvalue weighted by atomic mass is 9.98. The van der Waals surface area contributed by atoms with Crippen molar-refractivity contribution in [3.05, 3.63) is 95.8 Å². The van der Waals surface area contributed by atoms with Crippen LogP contribution in [0.15, 0.2) is 79.1 Å². The van der Waals surface area contributed by atoms with Crippen LogP contribution in [0.3, 0.4) is 0 Å². The molecule has 2 aromatic carbocycles. The van der Waals surface area contributed by atoms with Crippen LogP contribution in [0.1, 0.15) is 33.9 Å². The summed E-state index contributed by atoms with van der Waals surface area (Å²) in [4.78, 5) is 26.4. The van der Waals surface area contributed by atoms with Gasteiger partial charge in [0, 0.05) is 31.1 Å². The fourth-order valence-electron chi connectivity index (χ4n) is 3.58. The molecule has 3 aromatic rings. The Balaban J connectivity index is 1.59. The van der Waals surface area contributed by atoms with E-state index in [0.717, 1.165) is 16.8 Å². The summed E-state index contributed by atoms with van der Waals surface area (Å²) in [5.41, 5.74) is 3.25. The van der Waals surface area contributed by atoms with E-state index in [4.69, 9.17) is 9.47 Å². The number of esters is 1. The Morgan fingerprint density at radius 1 is 1.06 bits per heavy atom. The number of carbonyl (C=O) groups is 2. The van der Waals surface area contributed by atoms with Gasteiger partial charge in [0.05, 0.1) is 18.7 Å². The molecule has 1 atom stereocenters. The summed E-state index contributed by atoms with van der Waals surface area (Å²) >= 11 is 0. The maximum atomic E-state index is 12.9. The zero-order valence-corrected chi connectivity index (χ0v) is 17.2. The number of rotatable bonds is 5. The van der Waals surface area contributed by atoms with Crippen molar-refractivity contribution in [1.82, 2.24) is 14.7 Å². The molecule has 0 aliphatic carbocycles. The number of benzene rings is 2. The van der Waals surface area contributed by atoms with Crippen molar-refractivity contribution in [2.45, 2.75) is 19.1 Å². The molecule has 1 amide bonds. The van der Waals surface area contributed by atoms with Gasteiger partial charge in [-0.25, -0.2) is 14.3 Å². The average molecular weight is 417 g/mol. The minimum atomic E-state index is -0.401. The number of methoxy groups -OCH3 is 1. The first-order valence-corrected chi connectivity index (χ1v) is 10.0. The quantitative estimate of drug-likeness (QED) is 0.579. The molecular weight excluding hydrogens is 394 g/mol. The Kier molecular flexibility index (Phi) is 6.12. The van der Waals surface area contributed by atoms with Gasteiger partial charge in [-0.2, -0.15) is 5.10 Å². The molecule has 1 unspecified atom stereocenters. The Hall–Kier alpha value is -3.87. The van der Waals surface area contributed by atoms with Crippen LogP contribution >= 0.6 is 0 Å². The average Bonchev–Trinajstić information content (AvgIpc) is 3.37. The van der Waals surface area contributed by atoms with E-state index in [9.17, 15) is 9.59 Å². The Bertz CT molecular complexity index is 1060. The highest BCUT2D eigenvalue weighted by Crippen LogP contribution is 2.32. The van der Waals surface area contributed by atoms with Crippen molar-refractivity contribution < 1.29 is 19.1 Å². The van der Waals surface area contributed by atoms with Crippen molar-refractivity contribution in [2.24, 2.45) is 0 Å². The maximum absolute atomic E-state index is 12.9. The molecule has 7 nitrogen and oxygen atoms in total. The first-order valence-electron chi connectivity index (χ1n) is 10.0. The van der Waals surface area contributed by atoms with Gasteiger partial charge in [-0.1, -0.05) is 42.5 Å². The molecule has 0 bridgehead atoms. The topological polar surface area (TPSA) is 73.7 Å². The summed E-state index contributed by atoms with van der Waals surface area (Å²) in [6, 6.07) is 18.2. The number of hydrogen-bond acceptors (Lipinski definition) is 5. The zero-order chi connectivity index (χ0) is 21.6. The van der Waals surface area contributed by atoms with Crippen LogP contribution < -0.4 is 0 Å². The zero-order valence-electron chi connectivity index (χ0n) is 17.2. The molecule has 31 heavy (non-hydrogen) atoms. The normalized spacial score (nSPS) is 15.8. The van der Waals surface area contributed by atoms with Crippen molar-refractivity contribution in [3.63, 3.8) is 0 Å². The molecule has 0 saturated heterocycles. The Morgan fingerprint density at radius 3 is 2.52 bits per heavy atom. The maximum Gasteiger partial charge on any atom is 0.410 e. The predicted octanol–water partition coefficient (Wildman–Crippen LogP) is 4.29. The van der Waals surface area contributed by atoms with Gasteiger partial charge in [0.1, 0.15) is 6.61 Å². The molecule has 1 aliphatic heterocycles. The monoisotopic (exact) mass is 417 g/mol. The summed E-state index contributed by atoms with van der Waals surface area (Å²) in [5, 5.41) is 4.31. The molecule has 0 spiro atoms. The first kappa shape index (κ1) is 20.4. The lowest BCUT2D eigenvalue weighted by Crippen LogP contribution is -2.38. The molecule has 0 radical (unpaired) electrons. The molecule has 1 aromatic heterocycles. The number of carbonyl (C=O) groups excluding carboxylic acids is 2. The molecular formula is C24H23N3O4. The highest BCUT2D eigenvalue weighted by Gasteiger charge is 2.29. The lowest BCUT2D eigenvalue weighted by molar-refractivity contribution is 0.0600. The first-order chi connectivity index (χ1) is 15.2. The van der Waals surface area contributed by atoms with Gasteiger partial charge in [-0.3, -0.25) is 4.90 Å². The van der Waals surface area contributed by atoms with Gasteiger partial charge in [0.2, 0.25) is 0 Å². The lowest BCUT2D eigenvalue weighted by Gasteiger charge is -2.34. The highest BCUT2D eigenvalue weighted by molar-refractivity contribution is 5.89. The van der Waals surface area contributed by atoms with Gasteiger partial charge < -0.3 is 9.47 Å². The fraction of sp³-hybridized carbons (Fsp3) is 0.208. The Labute approximate surface area is 180 Å². The van der Waals surface area contributed by atoms with Crippen LogP contribution in [0, 0.1) is 0 Å². The third kappa shape index (κ3) is 4.66. The van der Waals surface area contributed by atoms with Crippen LogP contribution in [0.5, 0.6) is 0 Å². The summed E-state index contributed by atoms with van der Waals surface area (Å²) in [5.74, 6) is -0.401. The molecule has 2 heterocycles. The van der Waals surface area contributed by atoms with Gasteiger partial charge in [0.25, 0.3) is 0 Å². The minimum absolute atomic E-state index is 0.208. The summed E-state index contributed by atoms with van der Waals surface area (Å²) in [6.07, 6.45) is 5.88. The van der Waals surface area contributed by atoms with E-state index in [1.54, 1.807) is 23.2 Å². The highest BCUT2D eigenvalue weighted by atomic mass is 16.6. The molecule has 7 heteroatoms. The molecule has 4 rings (SSSR count). The SMILES string of the molecule is COC(=O)c1ccc(C2C=C(n3cccn3)CCN2C(=O)OCc2ccccc2)cc1. The van der Waals surface area contributed by atoms with E-state index in [1.807, 2.05) is 65.5 Å². The second-order valence-corrected chi connectivity index (χ2v) is 7.15. The molecule has 158 valence electrons. The van der Waals surface area contributed by atoms with Crippen LogP contribution in [-0.2, 0) is 16.1 Å². The predicted molar refractivity (Wildman–Crippen MR) is 115 cm³/mol. The number of hydrogen-bond donors (Lipinski definition) is 0. The van der Waals surface area contributed by atoms with Crippen molar-refractivity contribution in [3.8, 4) is 0 Å². The van der Waals surface area contributed by atoms with Gasteiger partial charge in [-0.05, 0) is 35.4 Å². The van der Waals surface area contributed by atoms with E-state index in [-0.39, 0.29) is 18.7 Å².